The number of hydrogen-bond acceptors (Lipinski definition) is 1. The van der Waals surface area contributed by atoms with Crippen LogP contribution in [0.3, 0.4) is 0 Å². The third kappa shape index (κ3) is 2.95. The highest BCUT2D eigenvalue weighted by Crippen LogP contribution is 2.24. The van der Waals surface area contributed by atoms with Gasteiger partial charge < -0.3 is 4.57 Å². The molecule has 0 unspecified atom stereocenters. The molecule has 0 N–H and O–H groups in total. The zero-order chi connectivity index (χ0) is 12.0. The van der Waals surface area contributed by atoms with Gasteiger partial charge >= 0.3 is 0 Å². The molecule has 0 aliphatic rings. The van der Waals surface area contributed by atoms with Gasteiger partial charge in [0.25, 0.3) is 0 Å². The summed E-state index contributed by atoms with van der Waals surface area (Å²) >= 11 is 0. The van der Waals surface area contributed by atoms with Crippen LogP contribution in [0.25, 0.3) is 0 Å². The summed E-state index contributed by atoms with van der Waals surface area (Å²) in [7, 11) is 1.14. The first-order valence-electron chi connectivity index (χ1n) is 6.43. The van der Waals surface area contributed by atoms with Gasteiger partial charge in [-0.3, -0.25) is 0 Å². The predicted octanol–water partition coefficient (Wildman–Crippen LogP) is 4.12. The Morgan fingerprint density at radius 3 is 1.88 bits per heavy atom. The summed E-state index contributed by atoms with van der Waals surface area (Å²) in [5, 5.41) is 0. The van der Waals surface area contributed by atoms with Crippen LogP contribution in [0.5, 0.6) is 0 Å². The first-order valence-corrected chi connectivity index (χ1v) is 9.00. The van der Waals surface area contributed by atoms with Gasteiger partial charge in [0.15, 0.2) is 0 Å². The zero-order valence-electron chi connectivity index (χ0n) is 11.2. The highest BCUT2D eigenvalue weighted by Gasteiger charge is 2.31. The van der Waals surface area contributed by atoms with E-state index in [9.17, 15) is 0 Å². The SMILES string of the molecule is CC[Si](CC)(CC)N(C)Cc1ccccc1. The van der Waals surface area contributed by atoms with Crippen LogP contribution in [0.2, 0.25) is 18.1 Å². The lowest BCUT2D eigenvalue weighted by Gasteiger charge is -2.38. The first kappa shape index (κ1) is 13.5. The number of nitrogens with zero attached hydrogens (tertiary/aromatic N) is 1. The molecule has 0 heterocycles. The van der Waals surface area contributed by atoms with Gasteiger partial charge in [0.05, 0.1) is 0 Å². The topological polar surface area (TPSA) is 3.24 Å². The molecule has 1 aromatic rings. The van der Waals surface area contributed by atoms with Crippen molar-refractivity contribution < 1.29 is 0 Å². The van der Waals surface area contributed by atoms with Crippen molar-refractivity contribution in [2.45, 2.75) is 45.4 Å². The minimum atomic E-state index is -1.17. The van der Waals surface area contributed by atoms with Gasteiger partial charge in [-0.2, -0.15) is 0 Å². The van der Waals surface area contributed by atoms with Gasteiger partial charge in [-0.1, -0.05) is 51.1 Å². The van der Waals surface area contributed by atoms with Gasteiger partial charge in [-0.05, 0) is 30.7 Å². The molecule has 0 radical (unpaired) electrons. The Morgan fingerprint density at radius 1 is 0.938 bits per heavy atom. The van der Waals surface area contributed by atoms with Crippen LogP contribution >= 0.6 is 0 Å². The number of hydrogen-bond donors (Lipinski definition) is 0. The van der Waals surface area contributed by atoms with E-state index in [0.29, 0.717) is 0 Å². The lowest BCUT2D eigenvalue weighted by atomic mass is 10.2. The summed E-state index contributed by atoms with van der Waals surface area (Å²) in [5.41, 5.74) is 1.44. The van der Waals surface area contributed by atoms with Crippen LogP contribution in [0, 0.1) is 0 Å². The Labute approximate surface area is 102 Å². The van der Waals surface area contributed by atoms with Crippen molar-refractivity contribution in [1.29, 1.82) is 0 Å². The molecule has 1 aromatic carbocycles. The fourth-order valence-corrected chi connectivity index (χ4v) is 6.22. The Hall–Kier alpha value is -0.603. The second-order valence-electron chi connectivity index (χ2n) is 4.63. The molecule has 0 aliphatic heterocycles. The summed E-state index contributed by atoms with van der Waals surface area (Å²) in [6.07, 6.45) is 0. The van der Waals surface area contributed by atoms with Crippen molar-refractivity contribution in [1.82, 2.24) is 4.57 Å². The third-order valence-electron chi connectivity index (χ3n) is 4.05. The van der Waals surface area contributed by atoms with Crippen molar-refractivity contribution in [3.05, 3.63) is 35.9 Å². The summed E-state index contributed by atoms with van der Waals surface area (Å²) in [6.45, 7) is 8.20. The van der Waals surface area contributed by atoms with E-state index < -0.39 is 8.24 Å². The smallest absolute Gasteiger partial charge is 0.127 e. The van der Waals surface area contributed by atoms with Crippen molar-refractivity contribution >= 4 is 8.24 Å². The van der Waals surface area contributed by atoms with Gasteiger partial charge in [-0.25, -0.2) is 0 Å². The lowest BCUT2D eigenvalue weighted by molar-refractivity contribution is 0.489. The quantitative estimate of drug-likeness (QED) is 0.670. The Kier molecular flexibility index (Phi) is 5.23. The molecule has 90 valence electrons. The standard InChI is InChI=1S/C14H25NSi/c1-5-16(6-2,7-3)15(4)13-14-11-9-8-10-12-14/h8-12H,5-7,13H2,1-4H3. The second kappa shape index (κ2) is 6.21. The fourth-order valence-electron chi connectivity index (χ4n) is 2.58. The van der Waals surface area contributed by atoms with Gasteiger partial charge in [0, 0.05) is 6.54 Å². The molecule has 0 amide bonds. The first-order chi connectivity index (χ1) is 7.68. The summed E-state index contributed by atoms with van der Waals surface area (Å²) in [6, 6.07) is 14.9. The highest BCUT2D eigenvalue weighted by molar-refractivity contribution is 6.76. The van der Waals surface area contributed by atoms with Crippen molar-refractivity contribution in [3.8, 4) is 0 Å². The Morgan fingerprint density at radius 2 is 1.44 bits per heavy atom. The third-order valence-corrected chi connectivity index (χ3v) is 9.77. The predicted molar refractivity (Wildman–Crippen MR) is 75.1 cm³/mol. The van der Waals surface area contributed by atoms with E-state index in [1.54, 1.807) is 0 Å². The normalized spacial score (nSPS) is 12.1. The lowest BCUT2D eigenvalue weighted by Crippen LogP contribution is -2.49. The average Bonchev–Trinajstić information content (AvgIpc) is 2.33. The molecule has 0 bridgehead atoms. The molecule has 1 nitrogen and oxygen atoms in total. The maximum Gasteiger partial charge on any atom is 0.127 e. The minimum Gasteiger partial charge on any atom is -0.322 e. The monoisotopic (exact) mass is 235 g/mol. The highest BCUT2D eigenvalue weighted by atomic mass is 28.3. The Bertz CT molecular complexity index is 285. The van der Waals surface area contributed by atoms with Crippen LogP contribution in [0.15, 0.2) is 30.3 Å². The average molecular weight is 235 g/mol. The molecule has 0 aromatic heterocycles. The summed E-state index contributed by atoms with van der Waals surface area (Å²) < 4.78 is 2.66. The van der Waals surface area contributed by atoms with E-state index in [1.807, 2.05) is 0 Å². The van der Waals surface area contributed by atoms with Gasteiger partial charge in [-0.15, -0.1) is 0 Å². The molecule has 0 saturated heterocycles. The Balaban J connectivity index is 2.73. The van der Waals surface area contributed by atoms with E-state index in [-0.39, 0.29) is 0 Å². The van der Waals surface area contributed by atoms with Crippen LogP contribution in [-0.4, -0.2) is 19.8 Å². The molecule has 16 heavy (non-hydrogen) atoms. The maximum atomic E-state index is 2.66. The van der Waals surface area contributed by atoms with Crippen LogP contribution < -0.4 is 0 Å². The second-order valence-corrected chi connectivity index (χ2v) is 9.96. The van der Waals surface area contributed by atoms with E-state index in [0.717, 1.165) is 6.54 Å². The molecule has 0 spiro atoms. The molecular weight excluding hydrogens is 210 g/mol. The van der Waals surface area contributed by atoms with Gasteiger partial charge in [0.2, 0.25) is 0 Å². The summed E-state index contributed by atoms with van der Waals surface area (Å²) in [5.74, 6) is 0. The van der Waals surface area contributed by atoms with Crippen LogP contribution in [0.4, 0.5) is 0 Å². The number of benzene rings is 1. The molecule has 0 fully saturated rings. The maximum absolute atomic E-state index is 2.66. The summed E-state index contributed by atoms with van der Waals surface area (Å²) in [4.78, 5) is 0. The molecule has 2 heteroatoms. The van der Waals surface area contributed by atoms with Crippen LogP contribution in [-0.2, 0) is 6.54 Å². The fraction of sp³-hybridized carbons (Fsp3) is 0.571. The zero-order valence-corrected chi connectivity index (χ0v) is 12.2. The van der Waals surface area contributed by atoms with E-state index in [2.05, 4.69) is 62.7 Å². The molecule has 0 saturated carbocycles. The molecular formula is C14H25NSi. The largest absolute Gasteiger partial charge is 0.322 e. The van der Waals surface area contributed by atoms with E-state index in [4.69, 9.17) is 0 Å². The van der Waals surface area contributed by atoms with Crippen molar-refractivity contribution in [2.75, 3.05) is 7.05 Å². The molecule has 0 atom stereocenters. The molecule has 0 aliphatic carbocycles. The van der Waals surface area contributed by atoms with Crippen molar-refractivity contribution in [3.63, 3.8) is 0 Å². The van der Waals surface area contributed by atoms with Crippen molar-refractivity contribution in [2.24, 2.45) is 0 Å². The van der Waals surface area contributed by atoms with Crippen LogP contribution in [0.1, 0.15) is 26.3 Å². The van der Waals surface area contributed by atoms with E-state index in [1.165, 1.54) is 23.7 Å². The number of rotatable bonds is 6. The molecule has 1 rings (SSSR count). The van der Waals surface area contributed by atoms with Gasteiger partial charge in [0.1, 0.15) is 8.24 Å². The van der Waals surface area contributed by atoms with E-state index >= 15 is 0 Å². The minimum absolute atomic E-state index is 1.11.